The van der Waals surface area contributed by atoms with Gasteiger partial charge in [-0.05, 0) is 191 Å². The summed E-state index contributed by atoms with van der Waals surface area (Å²) in [7, 11) is 1.94. The summed E-state index contributed by atoms with van der Waals surface area (Å²) in [5.74, 6) is 0.0411. The number of benzene rings is 22. The molecule has 7 heteroatoms. The Bertz CT molecular complexity index is 7820. The van der Waals surface area contributed by atoms with Crippen LogP contribution in [0.15, 0.2) is 490 Å². The number of pyridine rings is 1. The number of ketones is 1. The van der Waals surface area contributed by atoms with E-state index in [1.807, 2.05) is 121 Å². The number of para-hydroxylation sites is 1. The first-order valence-electron chi connectivity index (χ1n) is 44.3. The van der Waals surface area contributed by atoms with E-state index in [9.17, 15) is 9.59 Å². The average molecular weight is 1680 g/mol. The van der Waals surface area contributed by atoms with Crippen LogP contribution in [0.3, 0.4) is 0 Å². The SMILES string of the molecule is Cn1c2ccccc2c(=O)c2cc3c(cc21)C(=O)c1ccccc1C3.c1ccc(-c2ccc(-c3ccccc3)cc2)cc1.c1ccc(-c2cccc(-c3ccccc3)c2)cc1.c1ccc2c(c1)-c1cccc3cccc-2c13.c1ccc2c(c1)c1ccccc1c1nccnc21.c1ccc2c(c1)c1ccccc1c1nnccc21.c1ccc2c(c1)ccc1ccc3ccccc3c12. The number of hydrogen-bond acceptors (Lipinski definition) is 6. The van der Waals surface area contributed by atoms with E-state index in [2.05, 4.69) is 378 Å². The summed E-state index contributed by atoms with van der Waals surface area (Å²) in [5, 5.41) is 31.3. The van der Waals surface area contributed by atoms with Crippen LogP contribution in [0.1, 0.15) is 27.0 Å². The molecule has 0 atom stereocenters. The van der Waals surface area contributed by atoms with Gasteiger partial charge in [0.25, 0.3) is 0 Å². The van der Waals surface area contributed by atoms with E-state index in [1.165, 1.54) is 158 Å². The molecule has 0 aliphatic heterocycles. The summed E-state index contributed by atoms with van der Waals surface area (Å²) in [6.07, 6.45) is 5.94. The lowest BCUT2D eigenvalue weighted by Gasteiger charge is -2.20. The molecule has 0 radical (unpaired) electrons. The summed E-state index contributed by atoms with van der Waals surface area (Å²) >= 11 is 0. The highest BCUT2D eigenvalue weighted by Gasteiger charge is 2.26. The highest BCUT2D eigenvalue weighted by atomic mass is 16.1. The molecule has 0 amide bonds. The van der Waals surface area contributed by atoms with Gasteiger partial charge in [-0.15, -0.1) is 5.10 Å². The number of carbonyl (C=O) groups is 1. The Labute approximate surface area is 758 Å². The van der Waals surface area contributed by atoms with E-state index in [-0.39, 0.29) is 11.2 Å². The summed E-state index contributed by atoms with van der Waals surface area (Å²) in [6.45, 7) is 0. The lowest BCUT2D eigenvalue weighted by Crippen LogP contribution is -2.17. The smallest absolute Gasteiger partial charge is 0.197 e. The molecule has 0 bridgehead atoms. The lowest BCUT2D eigenvalue weighted by atomic mass is 9.84. The highest BCUT2D eigenvalue weighted by molar-refractivity contribution is 6.26. The Morgan fingerprint density at radius 3 is 1.05 bits per heavy atom. The van der Waals surface area contributed by atoms with Crippen molar-refractivity contribution < 1.29 is 4.79 Å². The van der Waals surface area contributed by atoms with Crippen LogP contribution in [0.25, 0.3) is 197 Å². The van der Waals surface area contributed by atoms with Crippen molar-refractivity contribution in [3.63, 3.8) is 0 Å². The van der Waals surface area contributed by atoms with Crippen LogP contribution < -0.4 is 5.43 Å². The molecule has 0 spiro atoms. The first kappa shape index (κ1) is 80.8. The van der Waals surface area contributed by atoms with Gasteiger partial charge in [-0.3, -0.25) is 19.6 Å². The highest BCUT2D eigenvalue weighted by Crippen LogP contribution is 2.47. The normalized spacial score (nSPS) is 11.4. The van der Waals surface area contributed by atoms with Crippen LogP contribution in [-0.2, 0) is 13.5 Å². The Kier molecular flexibility index (Phi) is 22.4. The minimum Gasteiger partial charge on any atom is -0.343 e. The molecule has 22 aromatic carbocycles. The largest absolute Gasteiger partial charge is 0.343 e. The van der Waals surface area contributed by atoms with Crippen molar-refractivity contribution in [2.45, 2.75) is 6.42 Å². The van der Waals surface area contributed by atoms with Crippen LogP contribution >= 0.6 is 0 Å². The third-order valence-electron chi connectivity index (χ3n) is 25.2. The van der Waals surface area contributed by atoms with Crippen molar-refractivity contribution in [2.75, 3.05) is 0 Å². The number of aromatic nitrogens is 5. The van der Waals surface area contributed by atoms with Gasteiger partial charge < -0.3 is 4.57 Å². The monoisotopic (exact) mass is 1680 g/mol. The van der Waals surface area contributed by atoms with E-state index < -0.39 is 0 Å². The van der Waals surface area contributed by atoms with Gasteiger partial charge in [-0.1, -0.05) is 431 Å². The molecule has 131 heavy (non-hydrogen) atoms. The molecule has 2 aliphatic carbocycles. The molecule has 0 unspecified atom stereocenters. The van der Waals surface area contributed by atoms with Gasteiger partial charge in [0.05, 0.1) is 28.3 Å². The number of nitrogens with zero attached hydrogens (tertiary/aromatic N) is 5. The maximum absolute atomic E-state index is 13.0. The van der Waals surface area contributed by atoms with Crippen molar-refractivity contribution in [1.82, 2.24) is 24.7 Å². The molecule has 7 nitrogen and oxygen atoms in total. The van der Waals surface area contributed by atoms with Crippen molar-refractivity contribution in [3.05, 3.63) is 518 Å². The number of aryl methyl sites for hydroxylation is 1. The van der Waals surface area contributed by atoms with Crippen molar-refractivity contribution in [2.24, 2.45) is 7.05 Å². The zero-order valence-corrected chi connectivity index (χ0v) is 71.9. The van der Waals surface area contributed by atoms with Crippen LogP contribution in [0.5, 0.6) is 0 Å². The molecular formula is C124H85N5O2. The Balaban J connectivity index is 0.0000000927. The van der Waals surface area contributed by atoms with Gasteiger partial charge in [0.2, 0.25) is 0 Å². The predicted molar refractivity (Wildman–Crippen MR) is 550 cm³/mol. The van der Waals surface area contributed by atoms with Gasteiger partial charge in [0.15, 0.2) is 11.2 Å². The predicted octanol–water partition coefficient (Wildman–Crippen LogP) is 31.4. The lowest BCUT2D eigenvalue weighted by molar-refractivity contribution is 0.103. The maximum atomic E-state index is 13.0. The molecule has 25 aromatic rings. The molecule has 618 valence electrons. The third kappa shape index (κ3) is 16.0. The second kappa shape index (κ2) is 36.4. The molecule has 0 fully saturated rings. The summed E-state index contributed by atoms with van der Waals surface area (Å²) in [4.78, 5) is 34.9. The number of rotatable bonds is 4. The van der Waals surface area contributed by atoms with Crippen molar-refractivity contribution >= 4 is 136 Å². The second-order valence-electron chi connectivity index (χ2n) is 32.9. The van der Waals surface area contributed by atoms with Crippen molar-refractivity contribution in [1.29, 1.82) is 0 Å². The van der Waals surface area contributed by atoms with Gasteiger partial charge in [0, 0.05) is 62.9 Å². The van der Waals surface area contributed by atoms with Crippen LogP contribution in [0.2, 0.25) is 0 Å². The molecule has 0 saturated carbocycles. The summed E-state index contributed by atoms with van der Waals surface area (Å²) in [5.41, 5.74) is 23.6. The molecule has 3 aromatic heterocycles. The number of carbonyl (C=O) groups excluding carboxylic acids is 1. The van der Waals surface area contributed by atoms with Gasteiger partial charge in [-0.25, -0.2) is 0 Å². The van der Waals surface area contributed by atoms with Gasteiger partial charge in [-0.2, -0.15) is 5.10 Å². The van der Waals surface area contributed by atoms with E-state index in [0.29, 0.717) is 22.8 Å². The second-order valence-corrected chi connectivity index (χ2v) is 32.9. The quantitative estimate of drug-likeness (QED) is 0.129. The Hall–Kier alpha value is -17.3. The minimum atomic E-state index is 0.0257. The number of hydrogen-bond donors (Lipinski definition) is 0. The zero-order valence-electron chi connectivity index (χ0n) is 71.9. The Morgan fingerprint density at radius 2 is 0.557 bits per heavy atom. The molecule has 0 N–H and O–H groups in total. The maximum Gasteiger partial charge on any atom is 0.197 e. The van der Waals surface area contributed by atoms with E-state index >= 15 is 0 Å². The third-order valence-corrected chi connectivity index (χ3v) is 25.2. The molecule has 2 aliphatic rings. The minimum absolute atomic E-state index is 0.0257. The number of fused-ring (bicyclic) bond motifs is 24. The van der Waals surface area contributed by atoms with E-state index in [1.54, 1.807) is 18.6 Å². The first-order chi connectivity index (χ1) is 64.8. The fourth-order valence-electron chi connectivity index (χ4n) is 18.9. The molecule has 3 heterocycles. The first-order valence-corrected chi connectivity index (χ1v) is 44.3. The fourth-order valence-corrected chi connectivity index (χ4v) is 18.9. The molecule has 0 saturated heterocycles. The van der Waals surface area contributed by atoms with Crippen molar-refractivity contribution in [3.8, 4) is 66.8 Å². The molecule has 27 rings (SSSR count). The topological polar surface area (TPSA) is 90.6 Å². The molecular weight excluding hydrogens is 1590 g/mol. The Morgan fingerprint density at radius 1 is 0.214 bits per heavy atom. The van der Waals surface area contributed by atoms with E-state index in [0.717, 1.165) is 44.3 Å². The van der Waals surface area contributed by atoms with Gasteiger partial charge >= 0.3 is 0 Å². The van der Waals surface area contributed by atoms with E-state index in [4.69, 9.17) is 0 Å². The van der Waals surface area contributed by atoms with Crippen LogP contribution in [0, 0.1) is 0 Å². The average Bonchev–Trinajstić information content (AvgIpc) is 1.75. The van der Waals surface area contributed by atoms with Gasteiger partial charge in [0.1, 0.15) is 5.52 Å². The van der Waals surface area contributed by atoms with Crippen LogP contribution in [0.4, 0.5) is 0 Å². The summed E-state index contributed by atoms with van der Waals surface area (Å²) in [6, 6.07) is 162. The fraction of sp³-hybridized carbons (Fsp3) is 0.0161. The zero-order chi connectivity index (χ0) is 87.9. The summed E-state index contributed by atoms with van der Waals surface area (Å²) < 4.78 is 2.00. The van der Waals surface area contributed by atoms with Crippen LogP contribution in [-0.4, -0.2) is 30.5 Å². The standard InChI is InChI=1S/C22H15NO2.C18H12.2C18H14.2C16H10N2.C16H10/c1-23-19-9-5-4-8-16(19)22(25)18-11-14-10-13-6-2-3-7-15(13)21(24)17(14)12-20(18)23;1-3-7-16-13(5-1)9-11-15-12-10-14-6-2-4-8-17(14)18(15)16;1-3-8-15(9-4-1)17-12-7-13-18(14-17)16-10-5-2-6-11-16;1-3-7-15(8-4-1)17-11-13-18(14-12-17)16-9-5-2-6-10-16;1-3-7-13-11(5-1)12-6-2-4-8-14(12)16-15(13)17-9-10-18-16;1-2-7-13-11(5-1)12-6-3-4-8-14(12)16-15(13)9-10-17-18-16;1-2-8-13-12(7-1)14-9-3-5-11-6-4-10-15(13)16(11)14/h2-9,11-12H,10H2,1H3;1-12H;2*1-14H;2*1-10H;1-10H.